The van der Waals surface area contributed by atoms with Crippen molar-refractivity contribution < 1.29 is 27.5 Å². The summed E-state index contributed by atoms with van der Waals surface area (Å²) in [5.41, 5.74) is 0.919. The van der Waals surface area contributed by atoms with Crippen LogP contribution in [-0.4, -0.2) is 34.4 Å². The Morgan fingerprint density at radius 2 is 1.82 bits per heavy atom. The number of esters is 1. The molecule has 2 aromatic carbocycles. The number of fused-ring (bicyclic) bond motifs is 1. The number of hydrogen-bond acceptors (Lipinski definition) is 5. The molecule has 0 spiro atoms. The molecular formula is C23H21F3N4O3. The van der Waals surface area contributed by atoms with E-state index in [1.807, 2.05) is 0 Å². The number of nitrogens with zero attached hydrogens (tertiary/aromatic N) is 2. The number of carbonyl (C=O) groups is 2. The second kappa shape index (κ2) is 8.97. The SMILES string of the molecule is CCOC(=O)c1ccccc1NC(=O)c1cnn2c1N[C@@H](c1ccccc1)C[C@H]2C(F)(F)F. The van der Waals surface area contributed by atoms with Crippen molar-refractivity contribution in [3.05, 3.63) is 77.5 Å². The molecule has 0 bridgehead atoms. The zero-order valence-corrected chi connectivity index (χ0v) is 17.6. The van der Waals surface area contributed by atoms with E-state index in [0.717, 1.165) is 10.9 Å². The van der Waals surface area contributed by atoms with Crippen molar-refractivity contribution >= 4 is 23.4 Å². The Balaban J connectivity index is 1.67. The Morgan fingerprint density at radius 1 is 1.12 bits per heavy atom. The molecule has 4 rings (SSSR count). The van der Waals surface area contributed by atoms with Crippen LogP contribution >= 0.6 is 0 Å². The number of para-hydroxylation sites is 1. The molecule has 0 aliphatic carbocycles. The second-order valence-corrected chi connectivity index (χ2v) is 7.47. The fraction of sp³-hybridized carbons (Fsp3) is 0.261. The average molecular weight is 458 g/mol. The number of benzene rings is 2. The number of carbonyl (C=O) groups excluding carboxylic acids is 2. The number of ether oxygens (including phenoxy) is 1. The first-order chi connectivity index (χ1) is 15.8. The van der Waals surface area contributed by atoms with Crippen LogP contribution < -0.4 is 10.6 Å². The van der Waals surface area contributed by atoms with E-state index in [2.05, 4.69) is 15.7 Å². The van der Waals surface area contributed by atoms with Gasteiger partial charge < -0.3 is 15.4 Å². The lowest BCUT2D eigenvalue weighted by Crippen LogP contribution is -2.36. The van der Waals surface area contributed by atoms with E-state index >= 15 is 0 Å². The largest absolute Gasteiger partial charge is 0.462 e. The molecule has 1 aliphatic heterocycles. The molecule has 0 saturated carbocycles. The second-order valence-electron chi connectivity index (χ2n) is 7.47. The van der Waals surface area contributed by atoms with Gasteiger partial charge >= 0.3 is 12.1 Å². The molecular weight excluding hydrogens is 437 g/mol. The molecule has 172 valence electrons. The molecule has 0 fully saturated rings. The number of anilines is 2. The van der Waals surface area contributed by atoms with Gasteiger partial charge in [-0.2, -0.15) is 18.3 Å². The fourth-order valence-electron chi connectivity index (χ4n) is 3.80. The van der Waals surface area contributed by atoms with Crippen LogP contribution in [0.4, 0.5) is 24.7 Å². The molecule has 2 N–H and O–H groups in total. The molecule has 1 aliphatic rings. The molecule has 0 saturated heterocycles. The van der Waals surface area contributed by atoms with Gasteiger partial charge in [0.25, 0.3) is 5.91 Å². The molecule has 0 radical (unpaired) electrons. The van der Waals surface area contributed by atoms with Gasteiger partial charge in [-0.1, -0.05) is 42.5 Å². The highest BCUT2D eigenvalue weighted by Crippen LogP contribution is 2.44. The van der Waals surface area contributed by atoms with E-state index in [4.69, 9.17) is 4.74 Å². The number of alkyl halides is 3. The number of hydrogen-bond donors (Lipinski definition) is 2. The standard InChI is InChI=1S/C23H21F3N4O3/c1-2-33-22(32)15-10-6-7-11-17(15)29-21(31)16-13-27-30-19(23(24,25)26)12-18(28-20(16)30)14-8-4-3-5-9-14/h3-11,13,18-19,28H,2,12H2,1H3,(H,29,31)/t18-,19+/m1/s1. The molecule has 7 nitrogen and oxygen atoms in total. The van der Waals surface area contributed by atoms with Gasteiger partial charge in [0.05, 0.1) is 30.1 Å². The zero-order chi connectivity index (χ0) is 23.6. The van der Waals surface area contributed by atoms with Crippen LogP contribution in [0.5, 0.6) is 0 Å². The number of aromatic nitrogens is 2. The minimum Gasteiger partial charge on any atom is -0.462 e. The predicted octanol–water partition coefficient (Wildman–Crippen LogP) is 4.97. The third-order valence-electron chi connectivity index (χ3n) is 5.36. The van der Waals surface area contributed by atoms with E-state index < -0.39 is 30.1 Å². The van der Waals surface area contributed by atoms with Crippen LogP contribution in [0.1, 0.15) is 51.7 Å². The van der Waals surface area contributed by atoms with Crippen LogP contribution in [0.2, 0.25) is 0 Å². The minimum atomic E-state index is -4.56. The Morgan fingerprint density at radius 3 is 2.52 bits per heavy atom. The van der Waals surface area contributed by atoms with Gasteiger partial charge in [-0.25, -0.2) is 9.48 Å². The number of amides is 1. The summed E-state index contributed by atoms with van der Waals surface area (Å²) in [6.07, 6.45) is -3.73. The van der Waals surface area contributed by atoms with Crippen LogP contribution in [0.3, 0.4) is 0 Å². The maximum atomic E-state index is 13.8. The van der Waals surface area contributed by atoms with Crippen molar-refractivity contribution in [2.75, 3.05) is 17.2 Å². The molecule has 2 heterocycles. The highest BCUT2D eigenvalue weighted by atomic mass is 19.4. The summed E-state index contributed by atoms with van der Waals surface area (Å²) in [7, 11) is 0. The fourth-order valence-corrected chi connectivity index (χ4v) is 3.80. The smallest absolute Gasteiger partial charge is 0.410 e. The van der Waals surface area contributed by atoms with E-state index in [0.29, 0.717) is 5.56 Å². The third kappa shape index (κ3) is 4.55. The maximum absolute atomic E-state index is 13.8. The average Bonchev–Trinajstić information content (AvgIpc) is 3.23. The van der Waals surface area contributed by atoms with Crippen molar-refractivity contribution in [3.63, 3.8) is 0 Å². The van der Waals surface area contributed by atoms with Gasteiger partial charge in [0, 0.05) is 6.42 Å². The normalized spacial score (nSPS) is 17.6. The highest BCUT2D eigenvalue weighted by Gasteiger charge is 2.47. The molecule has 1 aromatic heterocycles. The van der Waals surface area contributed by atoms with Crippen LogP contribution in [-0.2, 0) is 4.74 Å². The Kier molecular flexibility index (Phi) is 6.08. The van der Waals surface area contributed by atoms with E-state index in [-0.39, 0.29) is 35.7 Å². The molecule has 1 amide bonds. The van der Waals surface area contributed by atoms with Gasteiger partial charge in [0.15, 0.2) is 6.04 Å². The lowest BCUT2D eigenvalue weighted by atomic mass is 9.96. The van der Waals surface area contributed by atoms with Gasteiger partial charge in [-0.3, -0.25) is 4.79 Å². The monoisotopic (exact) mass is 458 g/mol. The Bertz CT molecular complexity index is 1160. The topological polar surface area (TPSA) is 85.2 Å². The van der Waals surface area contributed by atoms with Gasteiger partial charge in [-0.15, -0.1) is 0 Å². The lowest BCUT2D eigenvalue weighted by Gasteiger charge is -2.34. The quantitative estimate of drug-likeness (QED) is 0.527. The summed E-state index contributed by atoms with van der Waals surface area (Å²) in [5, 5.41) is 9.50. The summed E-state index contributed by atoms with van der Waals surface area (Å²) < 4.78 is 47.3. The first-order valence-electron chi connectivity index (χ1n) is 10.3. The Hall–Kier alpha value is -3.82. The van der Waals surface area contributed by atoms with Crippen LogP contribution in [0.25, 0.3) is 0 Å². The summed E-state index contributed by atoms with van der Waals surface area (Å²) in [5.74, 6) is -1.36. The maximum Gasteiger partial charge on any atom is 0.410 e. The number of nitrogens with one attached hydrogen (secondary N) is 2. The van der Waals surface area contributed by atoms with Gasteiger partial charge in [-0.05, 0) is 24.6 Å². The minimum absolute atomic E-state index is 0.0384. The number of rotatable bonds is 5. The van der Waals surface area contributed by atoms with Crippen LogP contribution in [0, 0.1) is 0 Å². The summed E-state index contributed by atoms with van der Waals surface area (Å²) >= 11 is 0. The van der Waals surface area contributed by atoms with E-state index in [9.17, 15) is 22.8 Å². The van der Waals surface area contributed by atoms with Gasteiger partial charge in [0.2, 0.25) is 0 Å². The molecule has 2 atom stereocenters. The summed E-state index contributed by atoms with van der Waals surface area (Å²) in [4.78, 5) is 25.2. The van der Waals surface area contributed by atoms with Crippen molar-refractivity contribution in [3.8, 4) is 0 Å². The zero-order valence-electron chi connectivity index (χ0n) is 17.6. The van der Waals surface area contributed by atoms with Crippen molar-refractivity contribution in [1.82, 2.24) is 9.78 Å². The Labute approximate surface area is 187 Å². The van der Waals surface area contributed by atoms with Crippen molar-refractivity contribution in [2.24, 2.45) is 0 Å². The molecule has 3 aromatic rings. The van der Waals surface area contributed by atoms with Crippen LogP contribution in [0.15, 0.2) is 60.8 Å². The molecule has 0 unspecified atom stereocenters. The predicted molar refractivity (Wildman–Crippen MR) is 115 cm³/mol. The summed E-state index contributed by atoms with van der Waals surface area (Å²) in [6, 6.07) is 12.4. The first kappa shape index (κ1) is 22.4. The van der Waals surface area contributed by atoms with Gasteiger partial charge in [0.1, 0.15) is 11.4 Å². The third-order valence-corrected chi connectivity index (χ3v) is 5.36. The first-order valence-corrected chi connectivity index (χ1v) is 10.3. The van der Waals surface area contributed by atoms with E-state index in [1.165, 1.54) is 12.1 Å². The number of halogens is 3. The highest BCUT2D eigenvalue weighted by molar-refractivity contribution is 6.10. The molecule has 33 heavy (non-hydrogen) atoms. The summed E-state index contributed by atoms with van der Waals surface area (Å²) in [6.45, 7) is 1.81. The van der Waals surface area contributed by atoms with Crippen molar-refractivity contribution in [1.29, 1.82) is 0 Å². The van der Waals surface area contributed by atoms with E-state index in [1.54, 1.807) is 49.4 Å². The molecule has 10 heteroatoms. The lowest BCUT2D eigenvalue weighted by molar-refractivity contribution is -0.173. The van der Waals surface area contributed by atoms with Crippen molar-refractivity contribution in [2.45, 2.75) is 31.6 Å².